The van der Waals surface area contributed by atoms with Crippen molar-refractivity contribution in [3.8, 4) is 11.3 Å². The molecule has 0 saturated carbocycles. The summed E-state index contributed by atoms with van der Waals surface area (Å²) in [4.78, 5) is 28.8. The number of hydrogen-bond acceptors (Lipinski definition) is 6. The highest BCUT2D eigenvalue weighted by Gasteiger charge is 2.29. The first kappa shape index (κ1) is 24.1. The Bertz CT molecular complexity index is 1370. The SMILES string of the molecule is CCOC(=O)c1cnn2c(-c3cccc(NC(=O)Nc4ccc(SC(F)(F)F)cc4)c3)ccnc12. The fourth-order valence-corrected chi connectivity index (χ4v) is 3.79. The minimum absolute atomic E-state index is 0.0181. The number of nitrogens with one attached hydrogen (secondary N) is 2. The van der Waals surface area contributed by atoms with Crippen molar-refractivity contribution in [2.45, 2.75) is 17.3 Å². The van der Waals surface area contributed by atoms with Crippen LogP contribution in [0.3, 0.4) is 0 Å². The van der Waals surface area contributed by atoms with Gasteiger partial charge in [0.1, 0.15) is 5.56 Å². The second kappa shape index (κ2) is 10.1. The van der Waals surface area contributed by atoms with E-state index in [1.165, 1.54) is 35.0 Å². The molecule has 0 saturated heterocycles. The van der Waals surface area contributed by atoms with Crippen molar-refractivity contribution < 1.29 is 27.5 Å². The Balaban J connectivity index is 1.49. The van der Waals surface area contributed by atoms with Crippen LogP contribution in [0, 0.1) is 0 Å². The van der Waals surface area contributed by atoms with E-state index in [4.69, 9.17) is 4.74 Å². The number of halogens is 3. The van der Waals surface area contributed by atoms with Crippen LogP contribution in [-0.2, 0) is 4.74 Å². The Morgan fingerprint density at radius 3 is 2.51 bits per heavy atom. The summed E-state index contributed by atoms with van der Waals surface area (Å²) in [7, 11) is 0. The summed E-state index contributed by atoms with van der Waals surface area (Å²) in [5.41, 5.74) is -1.68. The molecule has 0 aliphatic carbocycles. The number of benzene rings is 2. The third kappa shape index (κ3) is 5.90. The molecule has 0 atom stereocenters. The Labute approximate surface area is 201 Å². The molecule has 0 spiro atoms. The zero-order valence-corrected chi connectivity index (χ0v) is 19.0. The summed E-state index contributed by atoms with van der Waals surface area (Å²) in [6, 6.07) is 13.4. The quantitative estimate of drug-likeness (QED) is 0.255. The molecule has 4 aromatic rings. The van der Waals surface area contributed by atoms with Crippen LogP contribution in [0.15, 0.2) is 71.9 Å². The Hall–Kier alpha value is -4.06. The van der Waals surface area contributed by atoms with Gasteiger partial charge in [0.2, 0.25) is 0 Å². The van der Waals surface area contributed by atoms with Crippen molar-refractivity contribution in [1.82, 2.24) is 14.6 Å². The highest BCUT2D eigenvalue weighted by Crippen LogP contribution is 2.37. The van der Waals surface area contributed by atoms with Gasteiger partial charge in [-0.3, -0.25) is 0 Å². The van der Waals surface area contributed by atoms with Crippen LogP contribution in [0.2, 0.25) is 0 Å². The maximum absolute atomic E-state index is 12.5. The summed E-state index contributed by atoms with van der Waals surface area (Å²) < 4.78 is 43.9. The van der Waals surface area contributed by atoms with E-state index >= 15 is 0 Å². The molecule has 0 bridgehead atoms. The topological polar surface area (TPSA) is 97.6 Å². The molecule has 2 N–H and O–H groups in total. The second-order valence-electron chi connectivity index (χ2n) is 7.08. The Kier molecular flexibility index (Phi) is 6.92. The van der Waals surface area contributed by atoms with Gasteiger partial charge in [-0.05, 0) is 61.2 Å². The van der Waals surface area contributed by atoms with Gasteiger partial charge in [-0.1, -0.05) is 12.1 Å². The maximum atomic E-state index is 12.5. The lowest BCUT2D eigenvalue weighted by Crippen LogP contribution is -2.19. The molecule has 2 heterocycles. The van der Waals surface area contributed by atoms with Crippen molar-refractivity contribution in [3.63, 3.8) is 0 Å². The highest BCUT2D eigenvalue weighted by molar-refractivity contribution is 8.00. The van der Waals surface area contributed by atoms with E-state index in [1.807, 2.05) is 0 Å². The number of nitrogens with zero attached hydrogens (tertiary/aromatic N) is 3. The first-order valence-electron chi connectivity index (χ1n) is 10.3. The molecular formula is C23H18F3N5O3S. The number of aromatic nitrogens is 3. The van der Waals surface area contributed by atoms with E-state index in [0.717, 1.165) is 0 Å². The van der Waals surface area contributed by atoms with E-state index in [-0.39, 0.29) is 28.8 Å². The number of ether oxygens (including phenoxy) is 1. The number of carbonyl (C=O) groups excluding carboxylic acids is 2. The molecule has 0 unspecified atom stereocenters. The molecule has 0 aliphatic rings. The van der Waals surface area contributed by atoms with Gasteiger partial charge in [-0.15, -0.1) is 0 Å². The van der Waals surface area contributed by atoms with Gasteiger partial charge in [-0.2, -0.15) is 18.3 Å². The van der Waals surface area contributed by atoms with Gasteiger partial charge in [-0.25, -0.2) is 19.1 Å². The molecule has 2 amide bonds. The van der Waals surface area contributed by atoms with Gasteiger partial charge in [0, 0.05) is 28.0 Å². The number of esters is 1. The molecule has 2 aromatic heterocycles. The van der Waals surface area contributed by atoms with E-state index in [1.54, 1.807) is 43.5 Å². The van der Waals surface area contributed by atoms with Crippen molar-refractivity contribution >= 4 is 40.8 Å². The molecule has 2 aromatic carbocycles. The summed E-state index contributed by atoms with van der Waals surface area (Å²) in [5.74, 6) is -0.524. The number of fused-ring (bicyclic) bond motifs is 1. The lowest BCUT2D eigenvalue weighted by Gasteiger charge is -2.11. The zero-order valence-electron chi connectivity index (χ0n) is 18.2. The van der Waals surface area contributed by atoms with E-state index in [0.29, 0.717) is 28.3 Å². The molecular weight excluding hydrogens is 483 g/mol. The summed E-state index contributed by atoms with van der Waals surface area (Å²) in [6.45, 7) is 1.93. The molecule has 35 heavy (non-hydrogen) atoms. The zero-order chi connectivity index (χ0) is 25.0. The normalized spacial score (nSPS) is 11.3. The van der Waals surface area contributed by atoms with Gasteiger partial charge in [0.15, 0.2) is 5.65 Å². The Morgan fingerprint density at radius 2 is 1.80 bits per heavy atom. The number of rotatable bonds is 6. The molecule has 0 aliphatic heterocycles. The third-order valence-electron chi connectivity index (χ3n) is 4.66. The number of thioether (sulfide) groups is 1. The Morgan fingerprint density at radius 1 is 1.06 bits per heavy atom. The number of hydrogen-bond donors (Lipinski definition) is 2. The van der Waals surface area contributed by atoms with E-state index in [9.17, 15) is 22.8 Å². The average Bonchev–Trinajstić information content (AvgIpc) is 3.24. The molecule has 0 fully saturated rings. The number of alkyl halides is 3. The highest BCUT2D eigenvalue weighted by atomic mass is 32.2. The summed E-state index contributed by atoms with van der Waals surface area (Å²) >= 11 is -0.229. The van der Waals surface area contributed by atoms with Crippen LogP contribution < -0.4 is 10.6 Å². The monoisotopic (exact) mass is 501 g/mol. The first-order chi connectivity index (χ1) is 16.7. The fraction of sp³-hybridized carbons (Fsp3) is 0.130. The van der Waals surface area contributed by atoms with E-state index < -0.39 is 17.5 Å². The fourth-order valence-electron chi connectivity index (χ4n) is 3.25. The van der Waals surface area contributed by atoms with Gasteiger partial charge >= 0.3 is 17.5 Å². The van der Waals surface area contributed by atoms with Crippen LogP contribution in [0.4, 0.5) is 29.3 Å². The van der Waals surface area contributed by atoms with Crippen molar-refractivity contribution in [2.75, 3.05) is 17.2 Å². The first-order valence-corrected chi connectivity index (χ1v) is 11.1. The van der Waals surface area contributed by atoms with Crippen molar-refractivity contribution in [2.24, 2.45) is 0 Å². The maximum Gasteiger partial charge on any atom is 0.446 e. The van der Waals surface area contributed by atoms with Crippen LogP contribution in [0.25, 0.3) is 16.9 Å². The number of carbonyl (C=O) groups is 2. The van der Waals surface area contributed by atoms with E-state index in [2.05, 4.69) is 20.7 Å². The third-order valence-corrected chi connectivity index (χ3v) is 5.40. The summed E-state index contributed by atoms with van der Waals surface area (Å²) in [6.07, 6.45) is 2.93. The lowest BCUT2D eigenvalue weighted by atomic mass is 10.1. The standard InChI is InChI=1S/C23H18F3N5O3S/c1-2-34-21(32)18-13-28-31-19(10-11-27-20(18)31)14-4-3-5-16(12-14)30-22(33)29-15-6-8-17(9-7-15)35-23(24,25)26/h3-13H,2H2,1H3,(H2,29,30,33). The molecule has 180 valence electrons. The molecule has 8 nitrogen and oxygen atoms in total. The van der Waals surface area contributed by atoms with Gasteiger partial charge in [0.25, 0.3) is 0 Å². The second-order valence-corrected chi connectivity index (χ2v) is 8.21. The van der Waals surface area contributed by atoms with Crippen molar-refractivity contribution in [1.29, 1.82) is 0 Å². The van der Waals surface area contributed by atoms with Crippen LogP contribution in [0.5, 0.6) is 0 Å². The minimum Gasteiger partial charge on any atom is -0.462 e. The van der Waals surface area contributed by atoms with Crippen LogP contribution in [0.1, 0.15) is 17.3 Å². The van der Waals surface area contributed by atoms with Crippen LogP contribution >= 0.6 is 11.8 Å². The predicted octanol–water partition coefficient (Wildman–Crippen LogP) is 5.83. The molecule has 4 rings (SSSR count). The smallest absolute Gasteiger partial charge is 0.446 e. The summed E-state index contributed by atoms with van der Waals surface area (Å²) in [5, 5.41) is 9.52. The number of amides is 2. The number of urea groups is 1. The predicted molar refractivity (Wildman–Crippen MR) is 125 cm³/mol. The lowest BCUT2D eigenvalue weighted by molar-refractivity contribution is -0.0328. The van der Waals surface area contributed by atoms with Crippen LogP contribution in [-0.4, -0.2) is 38.7 Å². The van der Waals surface area contributed by atoms with Gasteiger partial charge < -0.3 is 15.4 Å². The average molecular weight is 501 g/mol. The van der Waals surface area contributed by atoms with Gasteiger partial charge in [0.05, 0.1) is 18.5 Å². The molecule has 12 heteroatoms. The molecule has 0 radical (unpaired) electrons. The largest absolute Gasteiger partial charge is 0.462 e. The van der Waals surface area contributed by atoms with Crippen molar-refractivity contribution in [3.05, 3.63) is 72.6 Å². The minimum atomic E-state index is -4.38. The number of anilines is 2.